The van der Waals surface area contributed by atoms with Gasteiger partial charge in [0.1, 0.15) is 30.7 Å². The van der Waals surface area contributed by atoms with Crippen LogP contribution in [0.4, 0.5) is 4.79 Å². The molecule has 3 aliphatic rings. The number of nitrogens with zero attached hydrogens (tertiary/aromatic N) is 1. The fourth-order valence-corrected chi connectivity index (χ4v) is 2.94. The van der Waals surface area contributed by atoms with Crippen LogP contribution in [-0.2, 0) is 4.74 Å². The van der Waals surface area contributed by atoms with E-state index in [2.05, 4.69) is 16.0 Å². The lowest BCUT2D eigenvalue weighted by Gasteiger charge is -2.38. The molecule has 3 saturated heterocycles. The molecule has 7 atom stereocenters. The highest BCUT2D eigenvalue weighted by Crippen LogP contribution is 2.28. The standard InChI is InChI=1S/C10H19N5O5/c11-7-4-8(14-10(19)13-7)15(2-12-4)9-6(18)5(17)3(1-16)20-9/h3-9,12,16-18H,1-2,11H2,(H2,13,14,19)/t3-,4?,5-,6-,7?,8?,9-/m1/s1. The lowest BCUT2D eigenvalue weighted by atomic mass is 10.1. The van der Waals surface area contributed by atoms with Gasteiger partial charge in [0.2, 0.25) is 0 Å². The van der Waals surface area contributed by atoms with Crippen molar-refractivity contribution in [2.45, 2.75) is 42.9 Å². The first-order valence-electron chi connectivity index (χ1n) is 6.47. The molecular weight excluding hydrogens is 270 g/mol. The molecule has 3 aliphatic heterocycles. The number of aliphatic hydroxyl groups is 3. The molecule has 0 spiro atoms. The number of hydrogen-bond donors (Lipinski definition) is 7. The number of carbonyl (C=O) groups excluding carboxylic acids is 1. The summed E-state index contributed by atoms with van der Waals surface area (Å²) in [5, 5.41) is 37.3. The first-order chi connectivity index (χ1) is 9.52. The van der Waals surface area contributed by atoms with Crippen molar-refractivity contribution >= 4 is 6.03 Å². The molecule has 10 heteroatoms. The fraction of sp³-hybridized carbons (Fsp3) is 0.900. The zero-order chi connectivity index (χ0) is 14.4. The number of rotatable bonds is 2. The minimum absolute atomic E-state index is 0.242. The minimum atomic E-state index is -1.17. The van der Waals surface area contributed by atoms with E-state index in [1.165, 1.54) is 0 Å². The normalized spacial score (nSPS) is 48.8. The molecule has 0 aromatic carbocycles. The van der Waals surface area contributed by atoms with Crippen LogP contribution in [0.3, 0.4) is 0 Å². The number of urea groups is 1. The Morgan fingerprint density at radius 3 is 2.75 bits per heavy atom. The minimum Gasteiger partial charge on any atom is -0.394 e. The van der Waals surface area contributed by atoms with E-state index in [1.807, 2.05) is 0 Å². The average molecular weight is 289 g/mol. The van der Waals surface area contributed by atoms with Gasteiger partial charge in [0, 0.05) is 0 Å². The highest BCUT2D eigenvalue weighted by Gasteiger charge is 2.52. The van der Waals surface area contributed by atoms with Crippen molar-refractivity contribution < 1.29 is 24.9 Å². The highest BCUT2D eigenvalue weighted by atomic mass is 16.6. The molecule has 3 fully saturated rings. The average Bonchev–Trinajstić information content (AvgIpc) is 2.93. The molecular formula is C10H19N5O5. The smallest absolute Gasteiger partial charge is 0.317 e. The van der Waals surface area contributed by atoms with E-state index in [-0.39, 0.29) is 6.04 Å². The second-order valence-corrected chi connectivity index (χ2v) is 5.22. The van der Waals surface area contributed by atoms with Crippen LogP contribution in [0.5, 0.6) is 0 Å². The first-order valence-corrected chi connectivity index (χ1v) is 6.47. The van der Waals surface area contributed by atoms with Crippen LogP contribution in [0.2, 0.25) is 0 Å². The van der Waals surface area contributed by atoms with Gasteiger partial charge in [0.15, 0.2) is 0 Å². The molecule has 0 saturated carbocycles. The number of aliphatic hydroxyl groups excluding tert-OH is 3. The summed E-state index contributed by atoms with van der Waals surface area (Å²) in [6.45, 7) is -0.0604. The lowest BCUT2D eigenvalue weighted by molar-refractivity contribution is -0.107. The topological polar surface area (TPSA) is 152 Å². The Hall–Kier alpha value is -1.01. The van der Waals surface area contributed by atoms with Gasteiger partial charge in [-0.2, -0.15) is 0 Å². The second kappa shape index (κ2) is 5.07. The second-order valence-electron chi connectivity index (χ2n) is 5.22. The van der Waals surface area contributed by atoms with Crippen LogP contribution >= 0.6 is 0 Å². The fourth-order valence-electron chi connectivity index (χ4n) is 2.94. The summed E-state index contributed by atoms with van der Waals surface area (Å²) in [5.41, 5.74) is 5.83. The molecule has 3 unspecified atom stereocenters. The van der Waals surface area contributed by atoms with Crippen LogP contribution in [-0.4, -0.2) is 82.4 Å². The Morgan fingerprint density at radius 2 is 2.10 bits per heavy atom. The Labute approximate surface area is 114 Å². The van der Waals surface area contributed by atoms with Gasteiger partial charge in [0.25, 0.3) is 0 Å². The van der Waals surface area contributed by atoms with Gasteiger partial charge in [-0.1, -0.05) is 0 Å². The van der Waals surface area contributed by atoms with Crippen LogP contribution in [0.1, 0.15) is 0 Å². The highest BCUT2D eigenvalue weighted by molar-refractivity contribution is 5.75. The molecule has 10 nitrogen and oxygen atoms in total. The maximum Gasteiger partial charge on any atom is 0.317 e. The molecule has 0 bridgehead atoms. The summed E-state index contributed by atoms with van der Waals surface area (Å²) >= 11 is 0. The van der Waals surface area contributed by atoms with E-state index in [1.54, 1.807) is 4.90 Å². The van der Waals surface area contributed by atoms with Crippen molar-refractivity contribution in [1.29, 1.82) is 0 Å². The molecule has 0 aromatic rings. The van der Waals surface area contributed by atoms with E-state index < -0.39 is 49.5 Å². The third-order valence-corrected chi connectivity index (χ3v) is 4.01. The summed E-state index contributed by atoms with van der Waals surface area (Å²) in [5.74, 6) is 0. The van der Waals surface area contributed by atoms with E-state index >= 15 is 0 Å². The first kappa shape index (κ1) is 13.9. The molecule has 0 aliphatic carbocycles. The van der Waals surface area contributed by atoms with Crippen LogP contribution < -0.4 is 21.7 Å². The summed E-state index contributed by atoms with van der Waals surface area (Å²) in [4.78, 5) is 13.2. The summed E-state index contributed by atoms with van der Waals surface area (Å²) in [7, 11) is 0. The molecule has 0 aromatic heterocycles. The summed E-state index contributed by atoms with van der Waals surface area (Å²) in [6.07, 6.45) is -5.03. The number of ether oxygens (including phenoxy) is 1. The van der Waals surface area contributed by atoms with Crippen molar-refractivity contribution in [2.75, 3.05) is 13.3 Å². The van der Waals surface area contributed by atoms with Crippen molar-refractivity contribution in [3.8, 4) is 0 Å². The van der Waals surface area contributed by atoms with E-state index in [0.29, 0.717) is 6.67 Å². The van der Waals surface area contributed by atoms with Crippen molar-refractivity contribution in [3.05, 3.63) is 0 Å². The Balaban J connectivity index is 1.76. The Kier molecular flexibility index (Phi) is 3.54. The summed E-state index contributed by atoms with van der Waals surface area (Å²) < 4.78 is 5.46. The summed E-state index contributed by atoms with van der Waals surface area (Å²) in [6, 6.07) is -0.645. The predicted octanol–water partition coefficient (Wildman–Crippen LogP) is -4.42. The van der Waals surface area contributed by atoms with Gasteiger partial charge < -0.3 is 36.4 Å². The largest absolute Gasteiger partial charge is 0.394 e. The lowest BCUT2D eigenvalue weighted by Crippen LogP contribution is -2.70. The molecule has 20 heavy (non-hydrogen) atoms. The van der Waals surface area contributed by atoms with Gasteiger partial charge in [0.05, 0.1) is 25.5 Å². The zero-order valence-electron chi connectivity index (χ0n) is 10.6. The predicted molar refractivity (Wildman–Crippen MR) is 64.8 cm³/mol. The monoisotopic (exact) mass is 289 g/mol. The number of hydrogen-bond acceptors (Lipinski definition) is 8. The maximum atomic E-state index is 11.5. The molecule has 0 radical (unpaired) electrons. The van der Waals surface area contributed by atoms with Crippen molar-refractivity contribution in [2.24, 2.45) is 5.73 Å². The molecule has 3 heterocycles. The number of fused-ring (bicyclic) bond motifs is 1. The van der Waals surface area contributed by atoms with Gasteiger partial charge in [-0.3, -0.25) is 5.32 Å². The van der Waals surface area contributed by atoms with E-state index in [0.717, 1.165) is 0 Å². The Morgan fingerprint density at radius 1 is 1.35 bits per heavy atom. The Bertz CT molecular complexity index is 398. The molecule has 3 rings (SSSR count). The third kappa shape index (κ3) is 2.05. The zero-order valence-corrected chi connectivity index (χ0v) is 10.6. The SMILES string of the molecule is NC1NC(=O)NC2C1NCN2[C@@H]1O[C@H](CO)[C@@H](O)[C@H]1O. The van der Waals surface area contributed by atoms with Crippen LogP contribution in [0, 0.1) is 0 Å². The van der Waals surface area contributed by atoms with Gasteiger partial charge >= 0.3 is 6.03 Å². The number of amides is 2. The van der Waals surface area contributed by atoms with Crippen LogP contribution in [0.15, 0.2) is 0 Å². The van der Waals surface area contributed by atoms with Crippen molar-refractivity contribution in [3.63, 3.8) is 0 Å². The van der Waals surface area contributed by atoms with E-state index in [9.17, 15) is 15.0 Å². The molecule has 8 N–H and O–H groups in total. The molecule has 114 valence electrons. The van der Waals surface area contributed by atoms with Gasteiger partial charge in [-0.05, 0) is 0 Å². The van der Waals surface area contributed by atoms with Crippen LogP contribution in [0.25, 0.3) is 0 Å². The van der Waals surface area contributed by atoms with Crippen molar-refractivity contribution in [1.82, 2.24) is 20.9 Å². The number of nitrogens with one attached hydrogen (secondary N) is 3. The van der Waals surface area contributed by atoms with Gasteiger partial charge in [-0.15, -0.1) is 0 Å². The number of carbonyl (C=O) groups is 1. The van der Waals surface area contributed by atoms with Gasteiger partial charge in [-0.25, -0.2) is 9.69 Å². The third-order valence-electron chi connectivity index (χ3n) is 4.01. The quantitative estimate of drug-likeness (QED) is 0.269. The molecule has 2 amide bonds. The number of nitrogens with two attached hydrogens (primary N) is 1. The van der Waals surface area contributed by atoms with E-state index in [4.69, 9.17) is 15.6 Å². The maximum absolute atomic E-state index is 11.5.